The first kappa shape index (κ1) is 13.1. The third-order valence-corrected chi connectivity index (χ3v) is 4.33. The number of rotatable bonds is 2. The molecule has 1 aromatic heterocycles. The smallest absolute Gasteiger partial charge is 0.325 e. The first-order valence-electron chi connectivity index (χ1n) is 6.81. The summed E-state index contributed by atoms with van der Waals surface area (Å²) in [5.41, 5.74) is -0.791. The Bertz CT molecular complexity index is 607. The summed E-state index contributed by atoms with van der Waals surface area (Å²) in [6.07, 6.45) is 1.47. The lowest BCUT2D eigenvalue weighted by Gasteiger charge is -2.18. The molecule has 1 aliphatic carbocycles. The van der Waals surface area contributed by atoms with E-state index in [1.54, 1.807) is 4.90 Å². The van der Waals surface area contributed by atoms with Crippen LogP contribution in [0.4, 0.5) is 0 Å². The minimum Gasteiger partial charge on any atom is -0.393 e. The van der Waals surface area contributed by atoms with Crippen molar-refractivity contribution >= 4 is 5.91 Å². The summed E-state index contributed by atoms with van der Waals surface area (Å²) in [6.45, 7) is 1.23. The Hall–Kier alpha value is -1.89. The third-order valence-electron chi connectivity index (χ3n) is 4.33. The summed E-state index contributed by atoms with van der Waals surface area (Å²) >= 11 is 0. The second-order valence-corrected chi connectivity index (χ2v) is 5.66. The van der Waals surface area contributed by atoms with Crippen LogP contribution in [0.25, 0.3) is 0 Å². The van der Waals surface area contributed by atoms with Gasteiger partial charge in [-0.05, 0) is 18.8 Å². The maximum absolute atomic E-state index is 12.2. The Morgan fingerprint density at radius 2 is 2.10 bits per heavy atom. The number of hydrogen-bond acceptors (Lipinski definition) is 4. The van der Waals surface area contributed by atoms with Crippen molar-refractivity contribution in [3.05, 3.63) is 32.6 Å². The number of hydrogen-bond donors (Lipinski definition) is 3. The van der Waals surface area contributed by atoms with Crippen molar-refractivity contribution in [3.63, 3.8) is 0 Å². The van der Waals surface area contributed by atoms with E-state index in [2.05, 4.69) is 9.97 Å². The molecule has 1 amide bonds. The van der Waals surface area contributed by atoms with Crippen molar-refractivity contribution in [2.24, 2.45) is 11.8 Å². The molecule has 2 aliphatic rings. The van der Waals surface area contributed by atoms with Gasteiger partial charge in [0, 0.05) is 30.8 Å². The Kier molecular flexibility index (Phi) is 3.21. The Morgan fingerprint density at radius 1 is 1.30 bits per heavy atom. The number of likely N-dealkylation sites (tertiary alicyclic amines) is 1. The van der Waals surface area contributed by atoms with E-state index in [1.165, 1.54) is 6.07 Å². The second kappa shape index (κ2) is 4.90. The number of carbonyl (C=O) groups is 1. The molecule has 1 aliphatic heterocycles. The van der Waals surface area contributed by atoms with Crippen LogP contribution in [0.2, 0.25) is 0 Å². The summed E-state index contributed by atoms with van der Waals surface area (Å²) in [4.78, 5) is 40.8. The molecule has 1 saturated heterocycles. The van der Waals surface area contributed by atoms with E-state index in [9.17, 15) is 19.5 Å². The summed E-state index contributed by atoms with van der Waals surface area (Å²) in [7, 11) is 0. The molecule has 0 aromatic carbocycles. The summed E-state index contributed by atoms with van der Waals surface area (Å²) < 4.78 is 0. The lowest BCUT2D eigenvalue weighted by Crippen LogP contribution is -2.33. The van der Waals surface area contributed by atoms with Gasteiger partial charge in [-0.1, -0.05) is 0 Å². The van der Waals surface area contributed by atoms with Crippen LogP contribution in [-0.4, -0.2) is 45.1 Å². The maximum Gasteiger partial charge on any atom is 0.325 e. The number of amides is 1. The maximum atomic E-state index is 12.2. The van der Waals surface area contributed by atoms with Gasteiger partial charge >= 0.3 is 5.69 Å². The van der Waals surface area contributed by atoms with Crippen LogP contribution in [0, 0.1) is 11.8 Å². The van der Waals surface area contributed by atoms with E-state index in [4.69, 9.17) is 0 Å². The average molecular weight is 279 g/mol. The lowest BCUT2D eigenvalue weighted by molar-refractivity contribution is -0.129. The van der Waals surface area contributed by atoms with Crippen molar-refractivity contribution in [3.8, 4) is 0 Å². The molecule has 3 atom stereocenters. The van der Waals surface area contributed by atoms with E-state index in [1.807, 2.05) is 0 Å². The number of nitrogens with zero attached hydrogens (tertiary/aromatic N) is 1. The van der Waals surface area contributed by atoms with Gasteiger partial charge in [0.1, 0.15) is 0 Å². The molecule has 3 unspecified atom stereocenters. The monoisotopic (exact) mass is 279 g/mol. The Balaban J connectivity index is 1.68. The zero-order chi connectivity index (χ0) is 14.3. The fourth-order valence-corrected chi connectivity index (χ4v) is 3.33. The number of aliphatic hydroxyl groups excluding tert-OH is 1. The second-order valence-electron chi connectivity index (χ2n) is 5.66. The standard InChI is InChI=1S/C13H17N3O4/c17-10-2-1-7-5-16(6-9(7)10)12(19)4-8-3-11(18)15-13(20)14-8/h3,7,9-10,17H,1-2,4-6H2,(H2,14,15,18,20). The molecule has 0 radical (unpaired) electrons. The van der Waals surface area contributed by atoms with Crippen LogP contribution in [0.5, 0.6) is 0 Å². The predicted octanol–water partition coefficient (Wildman–Crippen LogP) is -1.16. The van der Waals surface area contributed by atoms with Crippen molar-refractivity contribution in [1.29, 1.82) is 0 Å². The minimum absolute atomic E-state index is 0.00863. The number of aromatic amines is 2. The van der Waals surface area contributed by atoms with Gasteiger partial charge in [-0.2, -0.15) is 0 Å². The summed E-state index contributed by atoms with van der Waals surface area (Å²) in [6, 6.07) is 1.23. The van der Waals surface area contributed by atoms with E-state index < -0.39 is 11.2 Å². The molecule has 0 bridgehead atoms. The van der Waals surface area contributed by atoms with E-state index in [-0.39, 0.29) is 24.3 Å². The molecule has 7 nitrogen and oxygen atoms in total. The zero-order valence-electron chi connectivity index (χ0n) is 11.0. The van der Waals surface area contributed by atoms with Gasteiger partial charge in [0.2, 0.25) is 5.91 Å². The average Bonchev–Trinajstić information content (AvgIpc) is 2.91. The van der Waals surface area contributed by atoms with Crippen molar-refractivity contribution in [2.45, 2.75) is 25.4 Å². The van der Waals surface area contributed by atoms with Crippen LogP contribution >= 0.6 is 0 Å². The van der Waals surface area contributed by atoms with Crippen molar-refractivity contribution < 1.29 is 9.90 Å². The topological polar surface area (TPSA) is 106 Å². The van der Waals surface area contributed by atoms with Gasteiger partial charge in [0.05, 0.1) is 12.5 Å². The molecule has 1 saturated carbocycles. The van der Waals surface area contributed by atoms with Gasteiger partial charge in [-0.25, -0.2) is 4.79 Å². The van der Waals surface area contributed by atoms with Gasteiger partial charge in [0.15, 0.2) is 0 Å². The number of H-pyrrole nitrogens is 2. The molecular weight excluding hydrogens is 262 g/mol. The molecule has 1 aromatic rings. The van der Waals surface area contributed by atoms with Gasteiger partial charge in [-0.15, -0.1) is 0 Å². The number of carbonyl (C=O) groups excluding carboxylic acids is 1. The number of fused-ring (bicyclic) bond motifs is 1. The number of aromatic nitrogens is 2. The minimum atomic E-state index is -0.603. The van der Waals surface area contributed by atoms with E-state index >= 15 is 0 Å². The van der Waals surface area contributed by atoms with Crippen LogP contribution < -0.4 is 11.2 Å². The molecule has 3 rings (SSSR count). The zero-order valence-corrected chi connectivity index (χ0v) is 11.0. The van der Waals surface area contributed by atoms with Crippen LogP contribution in [0.3, 0.4) is 0 Å². The van der Waals surface area contributed by atoms with Crippen LogP contribution in [-0.2, 0) is 11.2 Å². The number of aliphatic hydroxyl groups is 1. The van der Waals surface area contributed by atoms with E-state index in [0.29, 0.717) is 24.7 Å². The first-order valence-corrected chi connectivity index (χ1v) is 6.81. The van der Waals surface area contributed by atoms with E-state index in [0.717, 1.165) is 12.8 Å². The quantitative estimate of drug-likeness (QED) is 0.634. The summed E-state index contributed by atoms with van der Waals surface area (Å²) in [5.74, 6) is 0.442. The van der Waals surface area contributed by atoms with Crippen molar-refractivity contribution in [2.75, 3.05) is 13.1 Å². The summed E-state index contributed by atoms with van der Waals surface area (Å²) in [5, 5.41) is 9.83. The largest absolute Gasteiger partial charge is 0.393 e. The van der Waals surface area contributed by atoms with Gasteiger partial charge in [0.25, 0.3) is 5.56 Å². The highest BCUT2D eigenvalue weighted by Crippen LogP contribution is 2.38. The highest BCUT2D eigenvalue weighted by atomic mass is 16.3. The molecular formula is C13H17N3O4. The van der Waals surface area contributed by atoms with Crippen LogP contribution in [0.1, 0.15) is 18.5 Å². The van der Waals surface area contributed by atoms with Crippen LogP contribution in [0.15, 0.2) is 15.7 Å². The number of nitrogens with one attached hydrogen (secondary N) is 2. The highest BCUT2D eigenvalue weighted by molar-refractivity contribution is 5.78. The molecule has 2 fully saturated rings. The van der Waals surface area contributed by atoms with Gasteiger partial charge < -0.3 is 15.0 Å². The fraction of sp³-hybridized carbons (Fsp3) is 0.615. The first-order chi connectivity index (χ1) is 9.52. The molecule has 7 heteroatoms. The fourth-order valence-electron chi connectivity index (χ4n) is 3.33. The molecule has 0 spiro atoms. The molecule has 2 heterocycles. The molecule has 3 N–H and O–H groups in total. The van der Waals surface area contributed by atoms with Crippen molar-refractivity contribution in [1.82, 2.24) is 14.9 Å². The van der Waals surface area contributed by atoms with Gasteiger partial charge in [-0.3, -0.25) is 14.6 Å². The predicted molar refractivity (Wildman–Crippen MR) is 70.2 cm³/mol. The molecule has 20 heavy (non-hydrogen) atoms. The SMILES string of the molecule is O=C(Cc1cc(=O)[nH]c(=O)[nH]1)N1CC2CCC(O)C2C1. The lowest BCUT2D eigenvalue weighted by atomic mass is 10.00. The Morgan fingerprint density at radius 3 is 2.80 bits per heavy atom. The Labute approximate surface area is 114 Å². The molecule has 108 valence electrons. The normalized spacial score (nSPS) is 28.6. The highest BCUT2D eigenvalue weighted by Gasteiger charge is 2.43. The third kappa shape index (κ3) is 2.40.